The summed E-state index contributed by atoms with van der Waals surface area (Å²) in [4.78, 5) is 11.4. The highest BCUT2D eigenvalue weighted by Gasteiger charge is 2.34. The fourth-order valence-electron chi connectivity index (χ4n) is 3.29. The van der Waals surface area contributed by atoms with Crippen LogP contribution in [-0.2, 0) is 4.79 Å². The minimum absolute atomic E-state index is 0.171. The minimum Gasteiger partial charge on any atom is -0.480 e. The van der Waals surface area contributed by atoms with Crippen molar-refractivity contribution in [3.8, 4) is 0 Å². The molecular formula is C17H23NO2. The third-order valence-corrected chi connectivity index (χ3v) is 4.38. The van der Waals surface area contributed by atoms with E-state index in [9.17, 15) is 9.90 Å². The van der Waals surface area contributed by atoms with Gasteiger partial charge in [0.1, 0.15) is 6.04 Å². The third-order valence-electron chi connectivity index (χ3n) is 4.38. The van der Waals surface area contributed by atoms with Crippen molar-refractivity contribution < 1.29 is 9.90 Å². The van der Waals surface area contributed by atoms with Gasteiger partial charge in [0.15, 0.2) is 0 Å². The van der Waals surface area contributed by atoms with Gasteiger partial charge in [-0.1, -0.05) is 56.2 Å². The van der Waals surface area contributed by atoms with E-state index < -0.39 is 12.0 Å². The first kappa shape index (κ1) is 14.8. The molecule has 1 fully saturated rings. The Morgan fingerprint density at radius 1 is 1.20 bits per heavy atom. The van der Waals surface area contributed by atoms with Crippen molar-refractivity contribution in [2.45, 2.75) is 38.1 Å². The summed E-state index contributed by atoms with van der Waals surface area (Å²) in [5.41, 5.74) is 7.84. The Balaban J connectivity index is 2.25. The van der Waals surface area contributed by atoms with Gasteiger partial charge in [0.05, 0.1) is 0 Å². The van der Waals surface area contributed by atoms with Gasteiger partial charge in [-0.05, 0) is 29.9 Å². The van der Waals surface area contributed by atoms with Gasteiger partial charge in [0.25, 0.3) is 0 Å². The lowest BCUT2D eigenvalue weighted by Crippen LogP contribution is -2.42. The molecule has 3 heteroatoms. The van der Waals surface area contributed by atoms with Crippen molar-refractivity contribution in [3.05, 3.63) is 42.5 Å². The Morgan fingerprint density at radius 3 is 2.35 bits per heavy atom. The van der Waals surface area contributed by atoms with Gasteiger partial charge in [0.2, 0.25) is 0 Å². The molecule has 0 spiro atoms. The van der Waals surface area contributed by atoms with Crippen LogP contribution >= 0.6 is 0 Å². The van der Waals surface area contributed by atoms with Crippen LogP contribution in [0.2, 0.25) is 0 Å². The molecule has 3 N–H and O–H groups in total. The number of benzene rings is 1. The Morgan fingerprint density at radius 2 is 1.80 bits per heavy atom. The molecule has 2 rings (SSSR count). The van der Waals surface area contributed by atoms with Gasteiger partial charge >= 0.3 is 5.97 Å². The number of aliphatic carboxylic acids is 1. The molecule has 108 valence electrons. The quantitative estimate of drug-likeness (QED) is 0.865. The molecule has 0 bridgehead atoms. The molecule has 1 aliphatic carbocycles. The van der Waals surface area contributed by atoms with Crippen molar-refractivity contribution >= 4 is 11.5 Å². The van der Waals surface area contributed by atoms with Crippen LogP contribution in [-0.4, -0.2) is 17.1 Å². The van der Waals surface area contributed by atoms with Gasteiger partial charge in [0, 0.05) is 5.92 Å². The van der Waals surface area contributed by atoms with Gasteiger partial charge in [-0.25, -0.2) is 0 Å². The zero-order valence-corrected chi connectivity index (χ0v) is 11.8. The van der Waals surface area contributed by atoms with E-state index in [-0.39, 0.29) is 5.92 Å². The molecule has 3 nitrogen and oxygen atoms in total. The van der Waals surface area contributed by atoms with Gasteiger partial charge in [-0.2, -0.15) is 0 Å². The van der Waals surface area contributed by atoms with E-state index in [2.05, 4.69) is 6.58 Å². The fraction of sp³-hybridized carbons (Fsp3) is 0.471. The van der Waals surface area contributed by atoms with Crippen LogP contribution < -0.4 is 5.73 Å². The number of rotatable bonds is 5. The summed E-state index contributed by atoms with van der Waals surface area (Å²) in [6.07, 6.45) is 5.67. The highest BCUT2D eigenvalue weighted by Crippen LogP contribution is 2.38. The summed E-state index contributed by atoms with van der Waals surface area (Å²) < 4.78 is 0. The van der Waals surface area contributed by atoms with Gasteiger partial charge in [-0.3, -0.25) is 4.79 Å². The molecule has 0 amide bonds. The average molecular weight is 273 g/mol. The zero-order chi connectivity index (χ0) is 14.5. The topological polar surface area (TPSA) is 63.3 Å². The first-order chi connectivity index (χ1) is 9.61. The summed E-state index contributed by atoms with van der Waals surface area (Å²) in [6.45, 7) is 4.16. The molecule has 0 saturated heterocycles. The second-order valence-corrected chi connectivity index (χ2v) is 5.68. The van der Waals surface area contributed by atoms with Crippen LogP contribution in [0.4, 0.5) is 0 Å². The number of carbonyl (C=O) groups is 1. The maximum absolute atomic E-state index is 11.4. The molecule has 1 aromatic carbocycles. The van der Waals surface area contributed by atoms with Crippen molar-refractivity contribution in [3.63, 3.8) is 0 Å². The fourth-order valence-corrected chi connectivity index (χ4v) is 3.29. The number of nitrogens with two attached hydrogens (primary N) is 1. The smallest absolute Gasteiger partial charge is 0.321 e. The highest BCUT2D eigenvalue weighted by molar-refractivity contribution is 5.79. The van der Waals surface area contributed by atoms with E-state index in [1.807, 2.05) is 30.3 Å². The van der Waals surface area contributed by atoms with Crippen molar-refractivity contribution in [2.75, 3.05) is 0 Å². The standard InChI is InChI=1S/C17H23NO2/c1-12(13-8-4-2-5-9-13)15(16(18)17(19)20)14-10-6-3-7-11-14/h2,4-5,8-9,14-16H,1,3,6-7,10-11,18H2,(H,19,20)/t15?,16-/m0/s1. The Kier molecular flexibility index (Phi) is 4.96. The van der Waals surface area contributed by atoms with E-state index in [0.29, 0.717) is 5.92 Å². The van der Waals surface area contributed by atoms with Gasteiger partial charge in [-0.15, -0.1) is 0 Å². The molecule has 2 atom stereocenters. The summed E-state index contributed by atoms with van der Waals surface area (Å²) in [6, 6.07) is 8.93. The normalized spacial score (nSPS) is 19.2. The highest BCUT2D eigenvalue weighted by atomic mass is 16.4. The van der Waals surface area contributed by atoms with Crippen LogP contribution in [0.3, 0.4) is 0 Å². The number of hydrogen-bond acceptors (Lipinski definition) is 2. The molecule has 0 aliphatic heterocycles. The monoisotopic (exact) mass is 273 g/mol. The molecular weight excluding hydrogens is 250 g/mol. The summed E-state index contributed by atoms with van der Waals surface area (Å²) >= 11 is 0. The number of carboxylic acid groups (broad SMARTS) is 1. The third kappa shape index (κ3) is 3.28. The van der Waals surface area contributed by atoms with Crippen LogP contribution in [0, 0.1) is 11.8 Å². The van der Waals surface area contributed by atoms with Crippen molar-refractivity contribution in [2.24, 2.45) is 17.6 Å². The summed E-state index contributed by atoms with van der Waals surface area (Å²) in [7, 11) is 0. The number of hydrogen-bond donors (Lipinski definition) is 2. The molecule has 1 saturated carbocycles. The van der Waals surface area contributed by atoms with E-state index in [4.69, 9.17) is 5.73 Å². The molecule has 0 aromatic heterocycles. The molecule has 1 aromatic rings. The first-order valence-corrected chi connectivity index (χ1v) is 7.34. The molecule has 0 radical (unpaired) electrons. The van der Waals surface area contributed by atoms with E-state index in [0.717, 1.165) is 36.8 Å². The molecule has 0 heterocycles. The lowest BCUT2D eigenvalue weighted by molar-refractivity contribution is -0.139. The second kappa shape index (κ2) is 6.71. The second-order valence-electron chi connectivity index (χ2n) is 5.68. The van der Waals surface area contributed by atoms with E-state index >= 15 is 0 Å². The largest absolute Gasteiger partial charge is 0.480 e. The minimum atomic E-state index is -0.933. The van der Waals surface area contributed by atoms with Crippen LogP contribution in [0.25, 0.3) is 5.57 Å². The predicted octanol–water partition coefficient (Wildman–Crippen LogP) is 3.31. The van der Waals surface area contributed by atoms with Crippen molar-refractivity contribution in [1.82, 2.24) is 0 Å². The average Bonchev–Trinajstić information content (AvgIpc) is 2.49. The molecule has 20 heavy (non-hydrogen) atoms. The maximum atomic E-state index is 11.4. The van der Waals surface area contributed by atoms with Crippen LogP contribution in [0.1, 0.15) is 37.7 Å². The lowest BCUT2D eigenvalue weighted by atomic mass is 9.72. The van der Waals surface area contributed by atoms with E-state index in [1.165, 1.54) is 6.42 Å². The van der Waals surface area contributed by atoms with Gasteiger partial charge < -0.3 is 10.8 Å². The Hall–Kier alpha value is -1.61. The number of carboxylic acids is 1. The van der Waals surface area contributed by atoms with Crippen LogP contribution in [0.5, 0.6) is 0 Å². The molecule has 1 aliphatic rings. The predicted molar refractivity (Wildman–Crippen MR) is 81.2 cm³/mol. The van der Waals surface area contributed by atoms with E-state index in [1.54, 1.807) is 0 Å². The summed E-state index contributed by atoms with van der Waals surface area (Å²) in [5.74, 6) is -0.768. The zero-order valence-electron chi connectivity index (χ0n) is 11.8. The first-order valence-electron chi connectivity index (χ1n) is 7.34. The Bertz CT molecular complexity index is 463. The Labute approximate surface area is 120 Å². The maximum Gasteiger partial charge on any atom is 0.321 e. The SMILES string of the molecule is C=C(c1ccccc1)C(C1CCCCC1)[C@H](N)C(=O)O. The summed E-state index contributed by atoms with van der Waals surface area (Å²) in [5, 5.41) is 9.31. The van der Waals surface area contributed by atoms with Crippen LogP contribution in [0.15, 0.2) is 36.9 Å². The van der Waals surface area contributed by atoms with Crippen molar-refractivity contribution in [1.29, 1.82) is 0 Å². The lowest BCUT2D eigenvalue weighted by Gasteiger charge is -2.34. The molecule has 1 unspecified atom stereocenters.